The van der Waals surface area contributed by atoms with Gasteiger partial charge in [-0.15, -0.1) is 0 Å². The molecule has 1 aromatic carbocycles. The van der Waals surface area contributed by atoms with Crippen molar-refractivity contribution < 1.29 is 4.79 Å². The number of hydrogen-bond acceptors (Lipinski definition) is 2. The van der Waals surface area contributed by atoms with Crippen LogP contribution in [0.1, 0.15) is 19.4 Å². The number of anilines is 1. The van der Waals surface area contributed by atoms with Crippen molar-refractivity contribution in [1.29, 1.82) is 0 Å². The Morgan fingerprint density at radius 1 is 1.56 bits per heavy atom. The largest absolute Gasteiger partial charge is 0.384 e. The lowest BCUT2D eigenvalue weighted by Crippen LogP contribution is -2.27. The van der Waals surface area contributed by atoms with Crippen molar-refractivity contribution in [2.45, 2.75) is 20.3 Å². The molecule has 0 bridgehead atoms. The van der Waals surface area contributed by atoms with Gasteiger partial charge in [0.2, 0.25) is 5.91 Å². The van der Waals surface area contributed by atoms with Crippen LogP contribution < -0.4 is 11.1 Å². The third-order valence-electron chi connectivity index (χ3n) is 2.53. The SMILES string of the molecule is CCc1cc(Br)ccc1NCC(C)C(N)=O. The van der Waals surface area contributed by atoms with E-state index in [0.717, 1.165) is 16.6 Å². The van der Waals surface area contributed by atoms with Gasteiger partial charge >= 0.3 is 0 Å². The first-order valence-electron chi connectivity index (χ1n) is 5.36. The third-order valence-corrected chi connectivity index (χ3v) is 3.03. The van der Waals surface area contributed by atoms with Crippen LogP contribution >= 0.6 is 15.9 Å². The van der Waals surface area contributed by atoms with Crippen LogP contribution in [0.3, 0.4) is 0 Å². The molecule has 0 aliphatic carbocycles. The molecule has 0 saturated heterocycles. The molecule has 1 amide bonds. The lowest BCUT2D eigenvalue weighted by Gasteiger charge is -2.13. The maximum Gasteiger partial charge on any atom is 0.222 e. The molecule has 0 aliphatic heterocycles. The zero-order chi connectivity index (χ0) is 12.1. The van der Waals surface area contributed by atoms with E-state index in [9.17, 15) is 4.79 Å². The second kappa shape index (κ2) is 5.89. The topological polar surface area (TPSA) is 55.1 Å². The van der Waals surface area contributed by atoms with Gasteiger partial charge in [-0.3, -0.25) is 4.79 Å². The summed E-state index contributed by atoms with van der Waals surface area (Å²) in [5.41, 5.74) is 7.50. The van der Waals surface area contributed by atoms with Gasteiger partial charge in [-0.05, 0) is 30.2 Å². The van der Waals surface area contributed by atoms with Crippen LogP contribution in [0.15, 0.2) is 22.7 Å². The Labute approximate surface area is 105 Å². The molecule has 4 heteroatoms. The number of nitrogens with two attached hydrogens (primary N) is 1. The van der Waals surface area contributed by atoms with Crippen LogP contribution in [0.2, 0.25) is 0 Å². The molecule has 0 aromatic heterocycles. The quantitative estimate of drug-likeness (QED) is 0.873. The van der Waals surface area contributed by atoms with Gasteiger partial charge in [0, 0.05) is 16.7 Å². The summed E-state index contributed by atoms with van der Waals surface area (Å²) in [6, 6.07) is 6.07. The van der Waals surface area contributed by atoms with E-state index in [-0.39, 0.29) is 11.8 Å². The number of rotatable bonds is 5. The van der Waals surface area contributed by atoms with Crippen molar-refractivity contribution >= 4 is 27.5 Å². The lowest BCUT2D eigenvalue weighted by molar-refractivity contribution is -0.120. The molecule has 16 heavy (non-hydrogen) atoms. The number of carbonyl (C=O) groups is 1. The average molecular weight is 285 g/mol. The Morgan fingerprint density at radius 3 is 2.81 bits per heavy atom. The number of primary amides is 1. The van der Waals surface area contributed by atoms with Gasteiger partial charge in [0.1, 0.15) is 0 Å². The van der Waals surface area contributed by atoms with Crippen LogP contribution in [0.4, 0.5) is 5.69 Å². The van der Waals surface area contributed by atoms with Crippen LogP contribution in [0, 0.1) is 5.92 Å². The lowest BCUT2D eigenvalue weighted by atomic mass is 10.1. The Kier molecular flexibility index (Phi) is 4.80. The fourth-order valence-corrected chi connectivity index (χ4v) is 1.80. The molecule has 0 spiro atoms. The number of halogens is 1. The minimum Gasteiger partial charge on any atom is -0.384 e. The Balaban J connectivity index is 2.70. The summed E-state index contributed by atoms with van der Waals surface area (Å²) in [4.78, 5) is 10.9. The maximum absolute atomic E-state index is 10.9. The second-order valence-electron chi connectivity index (χ2n) is 3.84. The molecule has 1 atom stereocenters. The van der Waals surface area contributed by atoms with Gasteiger partial charge in [-0.1, -0.05) is 29.8 Å². The molecule has 0 fully saturated rings. The number of aryl methyl sites for hydroxylation is 1. The number of amides is 1. The number of carbonyl (C=O) groups excluding carboxylic acids is 1. The highest BCUT2D eigenvalue weighted by Gasteiger charge is 2.09. The molecule has 0 radical (unpaired) electrons. The average Bonchev–Trinajstić information content (AvgIpc) is 2.26. The molecule has 0 heterocycles. The number of benzene rings is 1. The number of hydrogen-bond donors (Lipinski definition) is 2. The first-order chi connectivity index (χ1) is 7.54. The molecule has 3 nitrogen and oxygen atoms in total. The van der Waals surface area contributed by atoms with Crippen molar-refractivity contribution in [2.75, 3.05) is 11.9 Å². The Morgan fingerprint density at radius 2 is 2.25 bits per heavy atom. The number of nitrogens with one attached hydrogen (secondary N) is 1. The highest BCUT2D eigenvalue weighted by molar-refractivity contribution is 9.10. The van der Waals surface area contributed by atoms with Crippen LogP contribution in [0.25, 0.3) is 0 Å². The second-order valence-corrected chi connectivity index (χ2v) is 4.76. The monoisotopic (exact) mass is 284 g/mol. The van der Waals surface area contributed by atoms with E-state index >= 15 is 0 Å². The van der Waals surface area contributed by atoms with E-state index in [1.807, 2.05) is 19.1 Å². The van der Waals surface area contributed by atoms with Crippen molar-refractivity contribution in [3.8, 4) is 0 Å². The molecule has 0 saturated carbocycles. The predicted molar refractivity (Wildman–Crippen MR) is 70.4 cm³/mol. The normalized spacial score (nSPS) is 12.2. The molecular formula is C12H17BrN2O. The van der Waals surface area contributed by atoms with Gasteiger partial charge in [-0.2, -0.15) is 0 Å². The summed E-state index contributed by atoms with van der Waals surface area (Å²) in [5, 5.41) is 3.25. The van der Waals surface area contributed by atoms with E-state index in [4.69, 9.17) is 5.73 Å². The first kappa shape index (κ1) is 13.0. The molecule has 88 valence electrons. The highest BCUT2D eigenvalue weighted by Crippen LogP contribution is 2.21. The van der Waals surface area contributed by atoms with Crippen LogP contribution in [-0.4, -0.2) is 12.5 Å². The molecule has 0 aliphatic rings. The van der Waals surface area contributed by atoms with E-state index in [2.05, 4.69) is 34.2 Å². The highest BCUT2D eigenvalue weighted by atomic mass is 79.9. The van der Waals surface area contributed by atoms with Gasteiger partial charge in [-0.25, -0.2) is 0 Å². The summed E-state index contributed by atoms with van der Waals surface area (Å²) >= 11 is 3.44. The van der Waals surface area contributed by atoms with Gasteiger partial charge in [0.15, 0.2) is 0 Å². The van der Waals surface area contributed by atoms with E-state index in [1.54, 1.807) is 0 Å². The third kappa shape index (κ3) is 3.52. The zero-order valence-electron chi connectivity index (χ0n) is 9.59. The van der Waals surface area contributed by atoms with Crippen molar-refractivity contribution in [3.05, 3.63) is 28.2 Å². The van der Waals surface area contributed by atoms with Crippen LogP contribution in [-0.2, 0) is 11.2 Å². The molecule has 1 unspecified atom stereocenters. The van der Waals surface area contributed by atoms with E-state index < -0.39 is 0 Å². The van der Waals surface area contributed by atoms with Crippen molar-refractivity contribution in [1.82, 2.24) is 0 Å². The minimum absolute atomic E-state index is 0.159. The minimum atomic E-state index is -0.275. The van der Waals surface area contributed by atoms with Crippen molar-refractivity contribution in [3.63, 3.8) is 0 Å². The molecule has 1 aromatic rings. The van der Waals surface area contributed by atoms with Gasteiger partial charge in [0.25, 0.3) is 0 Å². The summed E-state index contributed by atoms with van der Waals surface area (Å²) in [7, 11) is 0. The molecule has 3 N–H and O–H groups in total. The summed E-state index contributed by atoms with van der Waals surface area (Å²) in [6.07, 6.45) is 0.951. The van der Waals surface area contributed by atoms with Crippen molar-refractivity contribution in [2.24, 2.45) is 11.7 Å². The van der Waals surface area contributed by atoms with Crippen LogP contribution in [0.5, 0.6) is 0 Å². The Bertz CT molecular complexity index is 379. The Hall–Kier alpha value is -1.03. The smallest absolute Gasteiger partial charge is 0.222 e. The summed E-state index contributed by atoms with van der Waals surface area (Å²) in [5.74, 6) is -0.434. The fourth-order valence-electron chi connectivity index (χ4n) is 1.39. The molecule has 1 rings (SSSR count). The zero-order valence-corrected chi connectivity index (χ0v) is 11.2. The predicted octanol–water partition coefficient (Wildman–Crippen LogP) is 2.54. The fraction of sp³-hybridized carbons (Fsp3) is 0.417. The molecular weight excluding hydrogens is 268 g/mol. The van der Waals surface area contributed by atoms with E-state index in [0.29, 0.717) is 6.54 Å². The summed E-state index contributed by atoms with van der Waals surface area (Å²) in [6.45, 7) is 4.49. The summed E-state index contributed by atoms with van der Waals surface area (Å²) < 4.78 is 1.07. The van der Waals surface area contributed by atoms with Gasteiger partial charge < -0.3 is 11.1 Å². The first-order valence-corrected chi connectivity index (χ1v) is 6.15. The standard InChI is InChI=1S/C12H17BrN2O/c1-3-9-6-10(13)4-5-11(9)15-7-8(2)12(14)16/h4-6,8,15H,3,7H2,1-2H3,(H2,14,16). The maximum atomic E-state index is 10.9. The van der Waals surface area contributed by atoms with E-state index in [1.165, 1.54) is 5.56 Å². The van der Waals surface area contributed by atoms with Gasteiger partial charge in [0.05, 0.1) is 5.92 Å².